The van der Waals surface area contributed by atoms with Crippen molar-refractivity contribution in [2.75, 3.05) is 56.2 Å². The molecule has 3 heterocycles. The summed E-state index contributed by atoms with van der Waals surface area (Å²) in [6.45, 7) is 17.1. The first-order chi connectivity index (χ1) is 22.5. The highest BCUT2D eigenvalue weighted by atomic mass is 19.3. The molecule has 3 aromatic rings. The van der Waals surface area contributed by atoms with Gasteiger partial charge in [0.25, 0.3) is 11.8 Å². The van der Waals surface area contributed by atoms with Gasteiger partial charge < -0.3 is 24.3 Å². The molecule has 6 rings (SSSR count). The molecule has 0 spiro atoms. The van der Waals surface area contributed by atoms with Crippen LogP contribution in [0.2, 0.25) is 0 Å². The van der Waals surface area contributed by atoms with E-state index in [1.54, 1.807) is 0 Å². The summed E-state index contributed by atoms with van der Waals surface area (Å²) in [4.78, 5) is 33.5. The van der Waals surface area contributed by atoms with E-state index in [0.717, 1.165) is 28.9 Å². The maximum absolute atomic E-state index is 13.9. The highest BCUT2D eigenvalue weighted by molar-refractivity contribution is 5.97. The van der Waals surface area contributed by atoms with Crippen LogP contribution >= 0.6 is 0 Å². The summed E-state index contributed by atoms with van der Waals surface area (Å²) >= 11 is 0. The van der Waals surface area contributed by atoms with Crippen LogP contribution in [0.25, 0.3) is 15.6 Å². The van der Waals surface area contributed by atoms with Crippen LogP contribution in [0.4, 0.5) is 24.7 Å². The maximum Gasteiger partial charge on any atom is 0.318 e. The molecule has 2 atom stereocenters. The fourth-order valence-electron chi connectivity index (χ4n) is 7.01. The topological polar surface area (TPSA) is 69.4 Å². The van der Waals surface area contributed by atoms with E-state index in [1.807, 2.05) is 23.8 Å². The summed E-state index contributed by atoms with van der Waals surface area (Å²) in [5.74, 6) is -3.77. The maximum atomic E-state index is 13.9. The Kier molecular flexibility index (Phi) is 9.03. The van der Waals surface area contributed by atoms with Gasteiger partial charge in [0.1, 0.15) is 18.5 Å². The zero-order chi connectivity index (χ0) is 33.5. The predicted octanol–water partition coefficient (Wildman–Crippen LogP) is 5.42. The average Bonchev–Trinajstić information content (AvgIpc) is 3.04. The number of fused-ring (bicyclic) bond motifs is 2. The van der Waals surface area contributed by atoms with E-state index in [4.69, 9.17) is 21.3 Å². The van der Waals surface area contributed by atoms with Crippen molar-refractivity contribution in [3.05, 3.63) is 77.0 Å². The van der Waals surface area contributed by atoms with Gasteiger partial charge >= 0.3 is 6.01 Å². The molecular weight excluding hydrogens is 607 g/mol. The van der Waals surface area contributed by atoms with Crippen LogP contribution in [0, 0.1) is 13.5 Å². The molecule has 248 valence electrons. The summed E-state index contributed by atoms with van der Waals surface area (Å²) < 4.78 is 47.1. The van der Waals surface area contributed by atoms with Gasteiger partial charge in [0, 0.05) is 67.7 Å². The minimum absolute atomic E-state index is 0.0183. The molecule has 2 fully saturated rings. The van der Waals surface area contributed by atoms with Crippen molar-refractivity contribution in [1.82, 2.24) is 19.8 Å². The number of anilines is 2. The standard InChI is InChI=1S/C35H40F3N7O2/c1-22-8-6-9-25-10-7-11-30(31(22)25)43-13-12-28-29(20-43)40-34(47-21-23(2)42(5)26-16-35(37,38)17-26)41-32(28)44-14-15-45(33(46)24(3)36)27(19-44)18-39-4/h6-11,23,26-27H,3,12-21H2,1-2,5H3/t23-,27-/m0/s1. The third-order valence-corrected chi connectivity index (χ3v) is 9.83. The fourth-order valence-corrected chi connectivity index (χ4v) is 7.01. The molecule has 0 bridgehead atoms. The molecular formula is C35H40F3N7O2. The quantitative estimate of drug-likeness (QED) is 0.227. The lowest BCUT2D eigenvalue weighted by Crippen LogP contribution is -2.57. The van der Waals surface area contributed by atoms with Crippen molar-refractivity contribution in [3.63, 3.8) is 0 Å². The van der Waals surface area contributed by atoms with Crippen molar-refractivity contribution in [3.8, 4) is 6.01 Å². The monoisotopic (exact) mass is 647 g/mol. The number of piperazine rings is 1. The number of nitrogens with zero attached hydrogens (tertiary/aromatic N) is 7. The molecule has 3 aliphatic rings. The molecule has 1 amide bonds. The number of hydrogen-bond donors (Lipinski definition) is 0. The van der Waals surface area contributed by atoms with Gasteiger partial charge in [-0.15, -0.1) is 0 Å². The fraction of sp³-hybridized carbons (Fsp3) is 0.486. The van der Waals surface area contributed by atoms with Crippen LogP contribution < -0.4 is 14.5 Å². The molecule has 1 saturated carbocycles. The Labute approximate surface area is 273 Å². The lowest BCUT2D eigenvalue weighted by molar-refractivity contribution is -0.131. The summed E-state index contributed by atoms with van der Waals surface area (Å²) in [6, 6.07) is 11.9. The Morgan fingerprint density at radius 2 is 1.91 bits per heavy atom. The highest BCUT2D eigenvalue weighted by Crippen LogP contribution is 2.41. The molecule has 47 heavy (non-hydrogen) atoms. The van der Waals surface area contributed by atoms with Crippen molar-refractivity contribution in [1.29, 1.82) is 0 Å². The first kappa shape index (κ1) is 32.6. The third kappa shape index (κ3) is 6.59. The van der Waals surface area contributed by atoms with Gasteiger partial charge in [-0.3, -0.25) is 9.69 Å². The Morgan fingerprint density at radius 1 is 1.17 bits per heavy atom. The number of aromatic nitrogens is 2. The van der Waals surface area contributed by atoms with Crippen LogP contribution in [0.15, 0.2) is 48.8 Å². The Balaban J connectivity index is 1.30. The number of likely N-dealkylation sites (N-methyl/N-ethyl adjacent to an activating group) is 1. The molecule has 2 aliphatic heterocycles. The highest BCUT2D eigenvalue weighted by Gasteiger charge is 2.47. The third-order valence-electron chi connectivity index (χ3n) is 9.83. The number of hydrogen-bond acceptors (Lipinski definition) is 7. The largest absolute Gasteiger partial charge is 0.462 e. The summed E-state index contributed by atoms with van der Waals surface area (Å²) in [7, 11) is 1.83. The number of carbonyl (C=O) groups is 1. The smallest absolute Gasteiger partial charge is 0.318 e. The molecule has 1 aliphatic carbocycles. The van der Waals surface area contributed by atoms with E-state index >= 15 is 0 Å². The van der Waals surface area contributed by atoms with Crippen LogP contribution in [0.5, 0.6) is 6.01 Å². The van der Waals surface area contributed by atoms with E-state index in [0.29, 0.717) is 31.9 Å². The first-order valence-corrected chi connectivity index (χ1v) is 16.0. The summed E-state index contributed by atoms with van der Waals surface area (Å²) in [6.07, 6.45) is 0.343. The number of alkyl halides is 2. The van der Waals surface area contributed by atoms with Gasteiger partial charge in [0.15, 0.2) is 5.83 Å². The van der Waals surface area contributed by atoms with E-state index in [9.17, 15) is 18.0 Å². The van der Waals surface area contributed by atoms with E-state index < -0.39 is 23.7 Å². The summed E-state index contributed by atoms with van der Waals surface area (Å²) in [5.41, 5.74) is 4.10. The van der Waals surface area contributed by atoms with Gasteiger partial charge in [-0.1, -0.05) is 36.9 Å². The zero-order valence-corrected chi connectivity index (χ0v) is 27.1. The molecule has 2 aromatic carbocycles. The molecule has 1 aromatic heterocycles. The van der Waals surface area contributed by atoms with Crippen LogP contribution in [0.3, 0.4) is 0 Å². The number of rotatable bonds is 9. The van der Waals surface area contributed by atoms with Crippen molar-refractivity contribution >= 4 is 28.2 Å². The number of ether oxygens (including phenoxy) is 1. The van der Waals surface area contributed by atoms with Gasteiger partial charge in [-0.25, -0.2) is 19.7 Å². The Hall–Kier alpha value is -4.37. The second-order valence-corrected chi connectivity index (χ2v) is 13.0. The molecule has 9 nitrogen and oxygen atoms in total. The zero-order valence-electron chi connectivity index (χ0n) is 27.1. The summed E-state index contributed by atoms with van der Waals surface area (Å²) in [5, 5.41) is 2.36. The molecule has 0 unspecified atom stereocenters. The van der Waals surface area contributed by atoms with Gasteiger partial charge in [0.2, 0.25) is 6.54 Å². The Morgan fingerprint density at radius 3 is 2.62 bits per heavy atom. The number of aryl methyl sites for hydroxylation is 1. The van der Waals surface area contributed by atoms with Crippen LogP contribution in [-0.2, 0) is 17.8 Å². The van der Waals surface area contributed by atoms with Crippen LogP contribution in [-0.4, -0.2) is 96.1 Å². The lowest BCUT2D eigenvalue weighted by Gasteiger charge is -2.43. The average molecular weight is 648 g/mol. The molecule has 12 heteroatoms. The molecule has 0 radical (unpaired) electrons. The Bertz CT molecular complexity index is 1710. The normalized spacial score (nSPS) is 20.0. The second-order valence-electron chi connectivity index (χ2n) is 13.0. The van der Waals surface area contributed by atoms with Gasteiger partial charge in [-0.05, 0) is 44.3 Å². The molecule has 1 saturated heterocycles. The number of halogens is 3. The van der Waals surface area contributed by atoms with Crippen LogP contribution in [0.1, 0.15) is 36.6 Å². The van der Waals surface area contributed by atoms with E-state index in [2.05, 4.69) is 59.6 Å². The lowest BCUT2D eigenvalue weighted by atomic mass is 9.86. The predicted molar refractivity (Wildman–Crippen MR) is 176 cm³/mol. The second kappa shape index (κ2) is 13.0. The van der Waals surface area contributed by atoms with E-state index in [1.165, 1.54) is 15.8 Å². The van der Waals surface area contributed by atoms with Crippen molar-refractivity contribution < 1.29 is 22.7 Å². The minimum atomic E-state index is -2.61. The number of carbonyl (C=O) groups excluding carboxylic acids is 1. The first-order valence-electron chi connectivity index (χ1n) is 16.0. The number of benzene rings is 2. The minimum Gasteiger partial charge on any atom is -0.462 e. The number of amides is 1. The van der Waals surface area contributed by atoms with Crippen molar-refractivity contribution in [2.45, 2.75) is 63.7 Å². The molecule has 0 N–H and O–H groups in total. The van der Waals surface area contributed by atoms with Crippen molar-refractivity contribution in [2.24, 2.45) is 0 Å². The van der Waals surface area contributed by atoms with Gasteiger partial charge in [0.05, 0.1) is 12.2 Å². The SMILES string of the molecule is [C-]#[N+]C[C@H]1CN(c2nc(OC[C@H](C)N(C)C3CC(F)(F)C3)nc3c2CCN(c2cccc4cccc(C)c24)C3)CCN1C(=O)C(=C)F. The van der Waals surface area contributed by atoms with Gasteiger partial charge in [-0.2, -0.15) is 9.97 Å². The van der Waals surface area contributed by atoms with E-state index in [-0.39, 0.29) is 50.6 Å².